The predicted octanol–water partition coefficient (Wildman–Crippen LogP) is 1.79. The van der Waals surface area contributed by atoms with Gasteiger partial charge in [0, 0.05) is 23.5 Å². The van der Waals surface area contributed by atoms with Crippen LogP contribution in [-0.4, -0.2) is 13.0 Å². The van der Waals surface area contributed by atoms with Gasteiger partial charge in [-0.25, -0.2) is 0 Å². The molecule has 0 heterocycles. The van der Waals surface area contributed by atoms with Crippen LogP contribution in [0.1, 0.15) is 15.9 Å². The van der Waals surface area contributed by atoms with Gasteiger partial charge in [0.2, 0.25) is 0 Å². The normalized spacial score (nSPS) is 10.1. The van der Waals surface area contributed by atoms with Crippen LogP contribution in [-0.2, 0) is 6.54 Å². The molecule has 0 atom stereocenters. The lowest BCUT2D eigenvalue weighted by Gasteiger charge is -2.10. The molecule has 0 aliphatic heterocycles. The minimum absolute atomic E-state index is 0.242. The monoisotopic (exact) mass is 271 g/mol. The van der Waals surface area contributed by atoms with E-state index in [4.69, 9.17) is 16.2 Å². The van der Waals surface area contributed by atoms with Gasteiger partial charge in [-0.05, 0) is 24.3 Å². The number of methoxy groups -OCH3 is 1. The molecule has 0 bridgehead atoms. The summed E-state index contributed by atoms with van der Waals surface area (Å²) in [5, 5.41) is 2.81. The fourth-order valence-electron chi connectivity index (χ4n) is 1.91. The van der Waals surface area contributed by atoms with E-state index in [-0.39, 0.29) is 5.91 Å². The first-order valence-corrected chi connectivity index (χ1v) is 6.17. The number of anilines is 2. The van der Waals surface area contributed by atoms with Gasteiger partial charge >= 0.3 is 0 Å². The number of benzene rings is 2. The summed E-state index contributed by atoms with van der Waals surface area (Å²) in [4.78, 5) is 12.1. The fraction of sp³-hybridized carbons (Fsp3) is 0.133. The Labute approximate surface area is 117 Å². The van der Waals surface area contributed by atoms with Crippen molar-refractivity contribution in [2.75, 3.05) is 18.6 Å². The number of para-hydroxylation sites is 1. The van der Waals surface area contributed by atoms with Gasteiger partial charge < -0.3 is 21.5 Å². The van der Waals surface area contributed by atoms with Crippen molar-refractivity contribution in [1.82, 2.24) is 5.32 Å². The SMILES string of the molecule is COc1ccccc1CNC(=O)c1ccc(N)cc1N. The van der Waals surface area contributed by atoms with E-state index in [0.717, 1.165) is 11.3 Å². The largest absolute Gasteiger partial charge is 0.496 e. The highest BCUT2D eigenvalue weighted by Crippen LogP contribution is 2.18. The minimum atomic E-state index is -0.242. The quantitative estimate of drug-likeness (QED) is 0.739. The molecule has 1 amide bonds. The smallest absolute Gasteiger partial charge is 0.253 e. The van der Waals surface area contributed by atoms with Crippen LogP contribution < -0.4 is 21.5 Å². The lowest BCUT2D eigenvalue weighted by atomic mass is 10.1. The van der Waals surface area contributed by atoms with Gasteiger partial charge in [0.25, 0.3) is 5.91 Å². The summed E-state index contributed by atoms with van der Waals surface area (Å²) in [6.07, 6.45) is 0. The third kappa shape index (κ3) is 3.00. The highest BCUT2D eigenvalue weighted by atomic mass is 16.5. The summed E-state index contributed by atoms with van der Waals surface area (Å²) in [5.74, 6) is 0.492. The molecular weight excluding hydrogens is 254 g/mol. The summed E-state index contributed by atoms with van der Waals surface area (Å²) < 4.78 is 5.23. The van der Waals surface area contributed by atoms with E-state index < -0.39 is 0 Å². The first-order valence-electron chi connectivity index (χ1n) is 6.17. The number of nitrogens with two attached hydrogens (primary N) is 2. The molecule has 5 heteroatoms. The average Bonchev–Trinajstić information content (AvgIpc) is 2.45. The Morgan fingerprint density at radius 3 is 2.65 bits per heavy atom. The van der Waals surface area contributed by atoms with Crippen LogP contribution in [0.3, 0.4) is 0 Å². The predicted molar refractivity (Wildman–Crippen MR) is 79.4 cm³/mol. The Bertz CT molecular complexity index is 626. The van der Waals surface area contributed by atoms with Crippen molar-refractivity contribution < 1.29 is 9.53 Å². The van der Waals surface area contributed by atoms with Crippen LogP contribution in [0.15, 0.2) is 42.5 Å². The Hall–Kier alpha value is -2.69. The number of carbonyl (C=O) groups is 1. The van der Waals surface area contributed by atoms with Crippen molar-refractivity contribution in [1.29, 1.82) is 0 Å². The van der Waals surface area contributed by atoms with Gasteiger partial charge in [0.05, 0.1) is 12.7 Å². The van der Waals surface area contributed by atoms with Crippen LogP contribution in [0.5, 0.6) is 5.75 Å². The Morgan fingerprint density at radius 1 is 1.20 bits per heavy atom. The maximum Gasteiger partial charge on any atom is 0.253 e. The Balaban J connectivity index is 2.09. The molecule has 5 N–H and O–H groups in total. The van der Waals surface area contributed by atoms with E-state index in [1.54, 1.807) is 25.3 Å². The number of hydrogen-bond donors (Lipinski definition) is 3. The minimum Gasteiger partial charge on any atom is -0.496 e. The van der Waals surface area contributed by atoms with E-state index in [1.165, 1.54) is 0 Å². The third-order valence-corrected chi connectivity index (χ3v) is 2.95. The van der Waals surface area contributed by atoms with Crippen LogP contribution in [0.2, 0.25) is 0 Å². The van der Waals surface area contributed by atoms with Gasteiger partial charge in [-0.1, -0.05) is 18.2 Å². The first-order chi connectivity index (χ1) is 9.61. The van der Waals surface area contributed by atoms with E-state index in [0.29, 0.717) is 23.5 Å². The van der Waals surface area contributed by atoms with E-state index >= 15 is 0 Å². The number of amides is 1. The number of rotatable bonds is 4. The highest BCUT2D eigenvalue weighted by molar-refractivity contribution is 5.99. The molecule has 2 aromatic carbocycles. The second-order valence-electron chi connectivity index (χ2n) is 4.34. The fourth-order valence-corrected chi connectivity index (χ4v) is 1.91. The summed E-state index contributed by atoms with van der Waals surface area (Å²) in [6, 6.07) is 12.3. The summed E-state index contributed by atoms with van der Waals surface area (Å²) >= 11 is 0. The molecule has 0 unspecified atom stereocenters. The maximum atomic E-state index is 12.1. The molecule has 104 valence electrons. The highest BCUT2D eigenvalue weighted by Gasteiger charge is 2.10. The van der Waals surface area contributed by atoms with Crippen molar-refractivity contribution in [2.45, 2.75) is 6.54 Å². The lowest BCUT2D eigenvalue weighted by Crippen LogP contribution is -2.24. The van der Waals surface area contributed by atoms with Crippen LogP contribution in [0.25, 0.3) is 0 Å². The van der Waals surface area contributed by atoms with Gasteiger partial charge in [0.1, 0.15) is 5.75 Å². The lowest BCUT2D eigenvalue weighted by molar-refractivity contribution is 0.0951. The average molecular weight is 271 g/mol. The topological polar surface area (TPSA) is 90.4 Å². The molecular formula is C15H17N3O2. The number of hydrogen-bond acceptors (Lipinski definition) is 4. The van der Waals surface area contributed by atoms with Crippen molar-refractivity contribution in [2.24, 2.45) is 0 Å². The Kier molecular flexibility index (Phi) is 4.10. The van der Waals surface area contributed by atoms with Crippen LogP contribution in [0.4, 0.5) is 11.4 Å². The molecule has 0 saturated heterocycles. The standard InChI is InChI=1S/C15H17N3O2/c1-20-14-5-3-2-4-10(14)9-18-15(19)12-7-6-11(16)8-13(12)17/h2-8H,9,16-17H2,1H3,(H,18,19). The van der Waals surface area contributed by atoms with Crippen molar-refractivity contribution in [3.8, 4) is 5.75 Å². The molecule has 0 radical (unpaired) electrons. The molecule has 0 saturated carbocycles. The van der Waals surface area contributed by atoms with Crippen LogP contribution >= 0.6 is 0 Å². The second kappa shape index (κ2) is 5.97. The molecule has 2 aromatic rings. The maximum absolute atomic E-state index is 12.1. The van der Waals surface area contributed by atoms with Gasteiger partial charge in [-0.3, -0.25) is 4.79 Å². The Morgan fingerprint density at radius 2 is 1.95 bits per heavy atom. The van der Waals surface area contributed by atoms with Gasteiger partial charge in [-0.15, -0.1) is 0 Å². The summed E-state index contributed by atoms with van der Waals surface area (Å²) in [5.41, 5.74) is 13.6. The second-order valence-corrected chi connectivity index (χ2v) is 4.34. The number of nitrogens with one attached hydrogen (secondary N) is 1. The molecule has 0 aliphatic rings. The zero-order valence-electron chi connectivity index (χ0n) is 11.2. The summed E-state index contributed by atoms with van der Waals surface area (Å²) in [6.45, 7) is 0.368. The molecule has 0 aromatic heterocycles. The van der Waals surface area contributed by atoms with Crippen molar-refractivity contribution in [3.63, 3.8) is 0 Å². The van der Waals surface area contributed by atoms with Gasteiger partial charge in [0.15, 0.2) is 0 Å². The molecule has 20 heavy (non-hydrogen) atoms. The number of carbonyl (C=O) groups excluding carboxylic acids is 1. The van der Waals surface area contributed by atoms with Crippen molar-refractivity contribution in [3.05, 3.63) is 53.6 Å². The molecule has 5 nitrogen and oxygen atoms in total. The van der Waals surface area contributed by atoms with E-state index in [2.05, 4.69) is 5.32 Å². The zero-order valence-corrected chi connectivity index (χ0v) is 11.2. The number of nitrogen functional groups attached to an aromatic ring is 2. The first kappa shape index (κ1) is 13.7. The molecule has 0 fully saturated rings. The number of ether oxygens (including phenoxy) is 1. The molecule has 0 spiro atoms. The van der Waals surface area contributed by atoms with Gasteiger partial charge in [-0.2, -0.15) is 0 Å². The van der Waals surface area contributed by atoms with E-state index in [1.807, 2.05) is 24.3 Å². The summed E-state index contributed by atoms with van der Waals surface area (Å²) in [7, 11) is 1.60. The van der Waals surface area contributed by atoms with Crippen LogP contribution in [0, 0.1) is 0 Å². The molecule has 0 aliphatic carbocycles. The van der Waals surface area contributed by atoms with E-state index in [9.17, 15) is 4.79 Å². The zero-order chi connectivity index (χ0) is 14.5. The molecule has 2 rings (SSSR count). The third-order valence-electron chi connectivity index (χ3n) is 2.95. The van der Waals surface area contributed by atoms with Crippen molar-refractivity contribution >= 4 is 17.3 Å².